The summed E-state index contributed by atoms with van der Waals surface area (Å²) < 4.78 is 11.0. The van der Waals surface area contributed by atoms with Crippen molar-refractivity contribution in [2.45, 2.75) is 19.3 Å². The Morgan fingerprint density at radius 3 is 3.12 bits per heavy atom. The van der Waals surface area contributed by atoms with Gasteiger partial charge in [0.15, 0.2) is 0 Å². The minimum atomic E-state index is 0.705. The van der Waals surface area contributed by atoms with Gasteiger partial charge in [-0.05, 0) is 36.6 Å². The summed E-state index contributed by atoms with van der Waals surface area (Å²) in [4.78, 5) is 0. The van der Waals surface area contributed by atoms with E-state index >= 15 is 0 Å². The summed E-state index contributed by atoms with van der Waals surface area (Å²) in [6, 6.07) is 6.42. The molecule has 1 aliphatic heterocycles. The van der Waals surface area contributed by atoms with Gasteiger partial charge in [-0.2, -0.15) is 0 Å². The van der Waals surface area contributed by atoms with Gasteiger partial charge in [-0.3, -0.25) is 0 Å². The van der Waals surface area contributed by atoms with Crippen LogP contribution in [0.4, 0.5) is 0 Å². The van der Waals surface area contributed by atoms with Gasteiger partial charge in [-0.1, -0.05) is 12.1 Å². The Hall–Kier alpha value is -1.06. The molecule has 0 atom stereocenters. The number of hydrogen-bond acceptors (Lipinski definition) is 3. The molecule has 88 valence electrons. The maximum Gasteiger partial charge on any atom is 0.122 e. The molecule has 3 heteroatoms. The Kier molecular flexibility index (Phi) is 4.19. The monoisotopic (exact) mass is 221 g/mol. The van der Waals surface area contributed by atoms with Crippen molar-refractivity contribution in [1.29, 1.82) is 0 Å². The fourth-order valence-electron chi connectivity index (χ4n) is 1.87. The van der Waals surface area contributed by atoms with Crippen LogP contribution in [0.3, 0.4) is 0 Å². The molecule has 1 aliphatic rings. The summed E-state index contributed by atoms with van der Waals surface area (Å²) >= 11 is 0. The van der Waals surface area contributed by atoms with Crippen LogP contribution in [0, 0.1) is 0 Å². The number of nitrogens with two attached hydrogens (primary N) is 1. The normalized spacial score (nSPS) is 13.6. The minimum absolute atomic E-state index is 0.705. The van der Waals surface area contributed by atoms with Gasteiger partial charge < -0.3 is 15.2 Å². The molecule has 0 aromatic heterocycles. The van der Waals surface area contributed by atoms with Gasteiger partial charge in [-0.25, -0.2) is 0 Å². The summed E-state index contributed by atoms with van der Waals surface area (Å²) in [6.45, 7) is 3.08. The van der Waals surface area contributed by atoms with E-state index in [-0.39, 0.29) is 0 Å². The highest BCUT2D eigenvalue weighted by Gasteiger charge is 2.11. The number of benzene rings is 1. The van der Waals surface area contributed by atoms with Crippen molar-refractivity contribution in [2.24, 2.45) is 5.73 Å². The molecule has 0 saturated heterocycles. The zero-order valence-corrected chi connectivity index (χ0v) is 9.58. The maximum absolute atomic E-state index is 5.49. The molecular weight excluding hydrogens is 202 g/mol. The molecule has 16 heavy (non-hydrogen) atoms. The summed E-state index contributed by atoms with van der Waals surface area (Å²) in [5, 5.41) is 0. The molecule has 1 aromatic carbocycles. The Labute approximate surface area is 96.5 Å². The highest BCUT2D eigenvalue weighted by molar-refractivity contribution is 5.39. The maximum atomic E-state index is 5.49. The van der Waals surface area contributed by atoms with Crippen LogP contribution in [0.2, 0.25) is 0 Å². The van der Waals surface area contributed by atoms with E-state index in [1.807, 2.05) is 0 Å². The first kappa shape index (κ1) is 11.4. The lowest BCUT2D eigenvalue weighted by molar-refractivity contribution is 0.136. The van der Waals surface area contributed by atoms with Gasteiger partial charge in [0.25, 0.3) is 0 Å². The summed E-state index contributed by atoms with van der Waals surface area (Å²) in [5.74, 6) is 1.05. The van der Waals surface area contributed by atoms with E-state index in [1.165, 1.54) is 11.1 Å². The van der Waals surface area contributed by atoms with Gasteiger partial charge in [0.2, 0.25) is 0 Å². The van der Waals surface area contributed by atoms with E-state index in [1.54, 1.807) is 0 Å². The standard InChI is InChI=1S/C13H19NO2/c14-6-1-7-15-8-4-11-2-3-13-12(10-11)5-9-16-13/h2-3,10H,1,4-9,14H2. The Balaban J connectivity index is 1.77. The first-order chi connectivity index (χ1) is 7.90. The Morgan fingerprint density at radius 2 is 2.25 bits per heavy atom. The third kappa shape index (κ3) is 2.97. The van der Waals surface area contributed by atoms with Crippen molar-refractivity contribution < 1.29 is 9.47 Å². The first-order valence-electron chi connectivity index (χ1n) is 5.92. The van der Waals surface area contributed by atoms with Crippen molar-refractivity contribution in [2.75, 3.05) is 26.4 Å². The smallest absolute Gasteiger partial charge is 0.122 e. The summed E-state index contributed by atoms with van der Waals surface area (Å²) in [6.07, 6.45) is 2.95. The van der Waals surface area contributed by atoms with Crippen LogP contribution in [0.15, 0.2) is 18.2 Å². The molecule has 1 heterocycles. The van der Waals surface area contributed by atoms with Crippen molar-refractivity contribution in [3.8, 4) is 5.75 Å². The zero-order chi connectivity index (χ0) is 11.2. The molecule has 0 unspecified atom stereocenters. The highest BCUT2D eigenvalue weighted by Crippen LogP contribution is 2.25. The molecule has 1 aromatic rings. The quantitative estimate of drug-likeness (QED) is 0.741. The second kappa shape index (κ2) is 5.87. The fourth-order valence-corrected chi connectivity index (χ4v) is 1.87. The van der Waals surface area contributed by atoms with Gasteiger partial charge in [0.05, 0.1) is 13.2 Å². The van der Waals surface area contributed by atoms with E-state index in [0.717, 1.165) is 44.8 Å². The van der Waals surface area contributed by atoms with Gasteiger partial charge >= 0.3 is 0 Å². The largest absolute Gasteiger partial charge is 0.493 e. The molecule has 0 saturated carbocycles. The van der Waals surface area contributed by atoms with Crippen LogP contribution in [0.25, 0.3) is 0 Å². The van der Waals surface area contributed by atoms with Crippen LogP contribution in [-0.2, 0) is 17.6 Å². The minimum Gasteiger partial charge on any atom is -0.493 e. The van der Waals surface area contributed by atoms with Crippen LogP contribution < -0.4 is 10.5 Å². The van der Waals surface area contributed by atoms with Gasteiger partial charge in [0, 0.05) is 13.0 Å². The first-order valence-corrected chi connectivity index (χ1v) is 5.92. The van der Waals surface area contributed by atoms with Crippen LogP contribution in [0.1, 0.15) is 17.5 Å². The predicted octanol–water partition coefficient (Wildman–Crippen LogP) is 1.53. The molecular formula is C13H19NO2. The van der Waals surface area contributed by atoms with Gasteiger partial charge in [0.1, 0.15) is 5.75 Å². The van der Waals surface area contributed by atoms with Crippen LogP contribution >= 0.6 is 0 Å². The van der Waals surface area contributed by atoms with E-state index in [4.69, 9.17) is 15.2 Å². The van der Waals surface area contributed by atoms with Crippen LogP contribution in [-0.4, -0.2) is 26.4 Å². The lowest BCUT2D eigenvalue weighted by Gasteiger charge is -2.05. The molecule has 2 rings (SSSR count). The zero-order valence-electron chi connectivity index (χ0n) is 9.58. The lowest BCUT2D eigenvalue weighted by Crippen LogP contribution is -2.06. The molecule has 0 amide bonds. The second-order valence-corrected chi connectivity index (χ2v) is 4.05. The Bertz CT molecular complexity index is 339. The second-order valence-electron chi connectivity index (χ2n) is 4.05. The SMILES string of the molecule is NCCCOCCc1ccc2c(c1)CCO2. The number of ether oxygens (including phenoxy) is 2. The van der Waals surface area contributed by atoms with Crippen molar-refractivity contribution >= 4 is 0 Å². The highest BCUT2D eigenvalue weighted by atomic mass is 16.5. The molecule has 0 bridgehead atoms. The molecule has 0 spiro atoms. The number of rotatable bonds is 6. The predicted molar refractivity (Wildman–Crippen MR) is 63.8 cm³/mol. The molecule has 2 N–H and O–H groups in total. The van der Waals surface area contributed by atoms with E-state index in [2.05, 4.69) is 18.2 Å². The molecule has 0 fully saturated rings. The summed E-state index contributed by atoms with van der Waals surface area (Å²) in [5.41, 5.74) is 8.05. The Morgan fingerprint density at radius 1 is 1.31 bits per heavy atom. The third-order valence-corrected chi connectivity index (χ3v) is 2.78. The molecule has 3 nitrogen and oxygen atoms in total. The van der Waals surface area contributed by atoms with Crippen molar-refractivity contribution in [1.82, 2.24) is 0 Å². The average molecular weight is 221 g/mol. The number of fused-ring (bicyclic) bond motifs is 1. The van der Waals surface area contributed by atoms with E-state index in [0.29, 0.717) is 6.54 Å². The number of hydrogen-bond donors (Lipinski definition) is 1. The lowest BCUT2D eigenvalue weighted by atomic mass is 10.1. The summed E-state index contributed by atoms with van der Waals surface area (Å²) in [7, 11) is 0. The van der Waals surface area contributed by atoms with E-state index in [9.17, 15) is 0 Å². The fraction of sp³-hybridized carbons (Fsp3) is 0.538. The topological polar surface area (TPSA) is 44.5 Å². The van der Waals surface area contributed by atoms with Crippen molar-refractivity contribution in [3.63, 3.8) is 0 Å². The molecule has 0 aliphatic carbocycles. The average Bonchev–Trinajstić information content (AvgIpc) is 2.76. The van der Waals surface area contributed by atoms with Gasteiger partial charge in [-0.15, -0.1) is 0 Å². The van der Waals surface area contributed by atoms with Crippen LogP contribution in [0.5, 0.6) is 5.75 Å². The third-order valence-electron chi connectivity index (χ3n) is 2.78. The van der Waals surface area contributed by atoms with Crippen molar-refractivity contribution in [3.05, 3.63) is 29.3 Å². The molecule has 0 radical (unpaired) electrons. The van der Waals surface area contributed by atoms with E-state index < -0.39 is 0 Å².